The van der Waals surface area contributed by atoms with Crippen LogP contribution in [0.2, 0.25) is 0 Å². The molecule has 1 saturated carbocycles. The standard InChI is InChI=1S/C13H23NO4S/c1-13(2)8-5-9-14(11(13)12(15)16)19(17,18)10-6-3-4-7-10/h10-11H,3-9H2,1-2H3,(H,15,16). The van der Waals surface area contributed by atoms with Gasteiger partial charge in [0.1, 0.15) is 6.04 Å². The summed E-state index contributed by atoms with van der Waals surface area (Å²) < 4.78 is 26.6. The Morgan fingerprint density at radius 3 is 2.32 bits per heavy atom. The summed E-state index contributed by atoms with van der Waals surface area (Å²) in [6, 6.07) is -0.924. The van der Waals surface area contributed by atoms with Crippen LogP contribution in [0.1, 0.15) is 52.4 Å². The fourth-order valence-electron chi connectivity index (χ4n) is 3.46. The van der Waals surface area contributed by atoms with Crippen LogP contribution in [0.25, 0.3) is 0 Å². The summed E-state index contributed by atoms with van der Waals surface area (Å²) in [6.45, 7) is 4.05. The molecule has 6 heteroatoms. The van der Waals surface area contributed by atoms with Gasteiger partial charge in [-0.3, -0.25) is 4.79 Å². The van der Waals surface area contributed by atoms with Crippen LogP contribution in [0, 0.1) is 5.41 Å². The van der Waals surface area contributed by atoms with Crippen LogP contribution in [-0.2, 0) is 14.8 Å². The summed E-state index contributed by atoms with van der Waals surface area (Å²) in [5.74, 6) is -1.02. The maximum absolute atomic E-state index is 12.7. The van der Waals surface area contributed by atoms with Crippen molar-refractivity contribution in [1.29, 1.82) is 0 Å². The third-order valence-electron chi connectivity index (χ3n) is 4.51. The SMILES string of the molecule is CC1(C)CCCN(S(=O)(=O)C2CCCC2)C1C(=O)O. The van der Waals surface area contributed by atoms with Crippen molar-refractivity contribution in [3.63, 3.8) is 0 Å². The van der Waals surface area contributed by atoms with Gasteiger partial charge in [0.25, 0.3) is 0 Å². The predicted octanol–water partition coefficient (Wildman–Crippen LogP) is 1.83. The second-order valence-corrected chi connectivity index (χ2v) is 8.56. The molecule has 0 bridgehead atoms. The molecule has 2 rings (SSSR count). The largest absolute Gasteiger partial charge is 0.480 e. The lowest BCUT2D eigenvalue weighted by Gasteiger charge is -2.43. The minimum absolute atomic E-state index is 0.346. The van der Waals surface area contributed by atoms with Crippen molar-refractivity contribution >= 4 is 16.0 Å². The number of sulfonamides is 1. The molecule has 1 N–H and O–H groups in total. The van der Waals surface area contributed by atoms with Crippen LogP contribution < -0.4 is 0 Å². The maximum atomic E-state index is 12.7. The van der Waals surface area contributed by atoms with E-state index in [4.69, 9.17) is 0 Å². The molecule has 1 unspecified atom stereocenters. The first-order chi connectivity index (χ1) is 8.77. The summed E-state index contributed by atoms with van der Waals surface area (Å²) in [5, 5.41) is 9.07. The lowest BCUT2D eigenvalue weighted by atomic mass is 9.77. The normalized spacial score (nSPS) is 29.5. The van der Waals surface area contributed by atoms with E-state index in [2.05, 4.69) is 0 Å². The fraction of sp³-hybridized carbons (Fsp3) is 0.923. The average Bonchev–Trinajstić information content (AvgIpc) is 2.80. The van der Waals surface area contributed by atoms with E-state index in [1.54, 1.807) is 0 Å². The first-order valence-corrected chi connectivity index (χ1v) is 8.50. The van der Waals surface area contributed by atoms with Crippen LogP contribution in [0.5, 0.6) is 0 Å². The molecule has 1 aliphatic carbocycles. The Bertz CT molecular complexity index is 451. The molecule has 0 aromatic carbocycles. The Morgan fingerprint density at radius 2 is 1.79 bits per heavy atom. The van der Waals surface area contributed by atoms with Crippen LogP contribution >= 0.6 is 0 Å². The zero-order valence-electron chi connectivity index (χ0n) is 11.6. The summed E-state index contributed by atoms with van der Waals surface area (Å²) >= 11 is 0. The molecular formula is C13H23NO4S. The van der Waals surface area contributed by atoms with Crippen molar-refractivity contribution in [3.8, 4) is 0 Å². The molecule has 0 aromatic heterocycles. The number of piperidine rings is 1. The number of hydrogen-bond acceptors (Lipinski definition) is 3. The van der Waals surface area contributed by atoms with Crippen LogP contribution in [0.3, 0.4) is 0 Å². The van der Waals surface area contributed by atoms with E-state index in [-0.39, 0.29) is 5.25 Å². The van der Waals surface area contributed by atoms with Crippen LogP contribution in [0.15, 0.2) is 0 Å². The van der Waals surface area contributed by atoms with Gasteiger partial charge in [-0.15, -0.1) is 0 Å². The third kappa shape index (κ3) is 2.65. The van der Waals surface area contributed by atoms with Gasteiger partial charge >= 0.3 is 5.97 Å². The molecule has 1 aliphatic heterocycles. The Balaban J connectivity index is 2.33. The molecule has 5 nitrogen and oxygen atoms in total. The predicted molar refractivity (Wildman–Crippen MR) is 72.3 cm³/mol. The van der Waals surface area contributed by atoms with E-state index < -0.39 is 27.4 Å². The first-order valence-electron chi connectivity index (χ1n) is 7.00. The minimum Gasteiger partial charge on any atom is -0.480 e. The summed E-state index contributed by atoms with van der Waals surface area (Å²) in [7, 11) is -3.47. The topological polar surface area (TPSA) is 74.7 Å². The monoisotopic (exact) mass is 289 g/mol. The summed E-state index contributed by atoms with van der Waals surface area (Å²) in [5.41, 5.74) is -0.504. The first kappa shape index (κ1) is 14.8. The highest BCUT2D eigenvalue weighted by molar-refractivity contribution is 7.89. The molecule has 19 heavy (non-hydrogen) atoms. The quantitative estimate of drug-likeness (QED) is 0.860. The highest BCUT2D eigenvalue weighted by Gasteiger charge is 2.49. The Hall–Kier alpha value is -0.620. The van der Waals surface area contributed by atoms with Gasteiger partial charge in [-0.1, -0.05) is 26.7 Å². The molecule has 0 aromatic rings. The van der Waals surface area contributed by atoms with Crippen molar-refractivity contribution in [2.24, 2.45) is 5.41 Å². The fourth-order valence-corrected chi connectivity index (χ4v) is 5.82. The average molecular weight is 289 g/mol. The molecular weight excluding hydrogens is 266 g/mol. The number of carboxylic acid groups (broad SMARTS) is 1. The van der Waals surface area contributed by atoms with Crippen LogP contribution in [0.4, 0.5) is 0 Å². The zero-order chi connectivity index (χ0) is 14.3. The summed E-state index contributed by atoms with van der Waals surface area (Å²) in [4.78, 5) is 11.5. The van der Waals surface area contributed by atoms with Crippen LogP contribution in [-0.4, -0.2) is 41.6 Å². The number of nitrogens with zero attached hydrogens (tertiary/aromatic N) is 1. The Labute approximate surface area is 115 Å². The zero-order valence-corrected chi connectivity index (χ0v) is 12.4. The smallest absolute Gasteiger partial charge is 0.322 e. The molecule has 1 heterocycles. The highest BCUT2D eigenvalue weighted by Crippen LogP contribution is 2.39. The van der Waals surface area contributed by atoms with E-state index in [1.807, 2.05) is 13.8 Å². The van der Waals surface area contributed by atoms with Crippen molar-refractivity contribution in [2.75, 3.05) is 6.54 Å². The van der Waals surface area contributed by atoms with Gasteiger partial charge < -0.3 is 5.11 Å². The maximum Gasteiger partial charge on any atom is 0.322 e. The van der Waals surface area contributed by atoms with Gasteiger partial charge in [-0.2, -0.15) is 4.31 Å². The van der Waals surface area contributed by atoms with Crippen molar-refractivity contribution < 1.29 is 18.3 Å². The molecule has 0 amide bonds. The number of rotatable bonds is 3. The second-order valence-electron chi connectivity index (χ2n) is 6.40. The molecule has 2 aliphatic rings. The number of carboxylic acids is 1. The second kappa shape index (κ2) is 5.05. The van der Waals surface area contributed by atoms with Gasteiger partial charge in [0.15, 0.2) is 0 Å². The number of hydrogen-bond donors (Lipinski definition) is 1. The van der Waals surface area contributed by atoms with Crippen molar-refractivity contribution in [2.45, 2.75) is 63.7 Å². The van der Waals surface area contributed by atoms with Gasteiger partial charge in [0.05, 0.1) is 5.25 Å². The molecule has 110 valence electrons. The Morgan fingerprint density at radius 1 is 1.21 bits per heavy atom. The third-order valence-corrected chi connectivity index (χ3v) is 6.87. The molecule has 1 saturated heterocycles. The van der Waals surface area contributed by atoms with E-state index in [1.165, 1.54) is 4.31 Å². The van der Waals surface area contributed by atoms with Gasteiger partial charge in [-0.05, 0) is 31.1 Å². The lowest BCUT2D eigenvalue weighted by Crippen LogP contribution is -2.57. The summed E-state index contributed by atoms with van der Waals surface area (Å²) in [6.07, 6.45) is 4.69. The number of carbonyl (C=O) groups is 1. The van der Waals surface area contributed by atoms with E-state index in [0.29, 0.717) is 19.4 Å². The van der Waals surface area contributed by atoms with Gasteiger partial charge in [0, 0.05) is 6.54 Å². The van der Waals surface area contributed by atoms with Crippen molar-refractivity contribution in [1.82, 2.24) is 4.31 Å². The Kier molecular flexibility index (Phi) is 3.93. The highest BCUT2D eigenvalue weighted by atomic mass is 32.2. The van der Waals surface area contributed by atoms with Gasteiger partial charge in [-0.25, -0.2) is 8.42 Å². The van der Waals surface area contributed by atoms with Gasteiger partial charge in [0.2, 0.25) is 10.0 Å². The van der Waals surface area contributed by atoms with E-state index in [9.17, 15) is 18.3 Å². The molecule has 1 atom stereocenters. The molecule has 2 fully saturated rings. The van der Waals surface area contributed by atoms with E-state index >= 15 is 0 Å². The molecule has 0 spiro atoms. The lowest BCUT2D eigenvalue weighted by molar-refractivity contribution is -0.147. The van der Waals surface area contributed by atoms with E-state index in [0.717, 1.165) is 25.7 Å². The molecule has 0 radical (unpaired) electrons. The van der Waals surface area contributed by atoms with Crippen molar-refractivity contribution in [3.05, 3.63) is 0 Å². The number of aliphatic carboxylic acids is 1. The minimum atomic E-state index is -3.47.